The second kappa shape index (κ2) is 7.65. The Kier molecular flexibility index (Phi) is 6.18. The van der Waals surface area contributed by atoms with Crippen molar-refractivity contribution in [3.63, 3.8) is 0 Å². The van der Waals surface area contributed by atoms with Crippen LogP contribution in [0.25, 0.3) is 0 Å². The number of aryl methyl sites for hydroxylation is 1. The van der Waals surface area contributed by atoms with Gasteiger partial charge in [0.1, 0.15) is 12.1 Å². The quantitative estimate of drug-likeness (QED) is 0.708. The predicted molar refractivity (Wildman–Crippen MR) is 77.2 cm³/mol. The molecular formula is C15H22N2O3. The maximum Gasteiger partial charge on any atom is 0.326 e. The van der Waals surface area contributed by atoms with Crippen molar-refractivity contribution in [2.24, 2.45) is 5.73 Å². The van der Waals surface area contributed by atoms with Crippen molar-refractivity contribution < 1.29 is 14.7 Å². The molecular weight excluding hydrogens is 256 g/mol. The van der Waals surface area contributed by atoms with Gasteiger partial charge in [-0.1, -0.05) is 49.6 Å². The van der Waals surface area contributed by atoms with Crippen molar-refractivity contribution >= 4 is 11.9 Å². The van der Waals surface area contributed by atoms with E-state index in [2.05, 4.69) is 5.32 Å². The third-order valence-electron chi connectivity index (χ3n) is 3.18. The molecule has 2 atom stereocenters. The number of nitrogens with two attached hydrogens (primary N) is 1. The Bertz CT molecular complexity index is 457. The van der Waals surface area contributed by atoms with Crippen molar-refractivity contribution in [1.29, 1.82) is 0 Å². The molecule has 0 bridgehead atoms. The summed E-state index contributed by atoms with van der Waals surface area (Å²) >= 11 is 0. The second-order valence-electron chi connectivity index (χ2n) is 4.93. The molecule has 1 aromatic carbocycles. The molecule has 1 aromatic rings. The van der Waals surface area contributed by atoms with Gasteiger partial charge in [0, 0.05) is 0 Å². The molecule has 0 aliphatic carbocycles. The van der Waals surface area contributed by atoms with Crippen LogP contribution in [0.5, 0.6) is 0 Å². The number of carboxylic acids is 1. The van der Waals surface area contributed by atoms with Gasteiger partial charge in [0.2, 0.25) is 5.91 Å². The van der Waals surface area contributed by atoms with Crippen molar-refractivity contribution in [2.45, 2.75) is 45.2 Å². The number of carbonyl (C=O) groups is 2. The highest BCUT2D eigenvalue weighted by molar-refractivity contribution is 5.87. The summed E-state index contributed by atoms with van der Waals surface area (Å²) in [4.78, 5) is 23.1. The Morgan fingerprint density at radius 2 is 1.90 bits per heavy atom. The van der Waals surface area contributed by atoms with Crippen LogP contribution in [-0.2, 0) is 9.59 Å². The molecule has 20 heavy (non-hydrogen) atoms. The first-order valence-electron chi connectivity index (χ1n) is 6.81. The third kappa shape index (κ3) is 4.66. The van der Waals surface area contributed by atoms with Crippen LogP contribution in [0.1, 0.15) is 43.4 Å². The first-order chi connectivity index (χ1) is 9.45. The fourth-order valence-corrected chi connectivity index (χ4v) is 1.85. The van der Waals surface area contributed by atoms with Gasteiger partial charge in [-0.15, -0.1) is 0 Å². The lowest BCUT2D eigenvalue weighted by Gasteiger charge is -2.18. The minimum absolute atomic E-state index is 0.415. The topological polar surface area (TPSA) is 92.4 Å². The summed E-state index contributed by atoms with van der Waals surface area (Å²) in [5.41, 5.74) is 7.61. The molecule has 0 saturated heterocycles. The van der Waals surface area contributed by atoms with Crippen molar-refractivity contribution in [2.75, 3.05) is 0 Å². The summed E-state index contributed by atoms with van der Waals surface area (Å²) in [6.45, 7) is 3.92. The third-order valence-corrected chi connectivity index (χ3v) is 3.18. The van der Waals surface area contributed by atoms with E-state index in [0.29, 0.717) is 12.0 Å². The van der Waals surface area contributed by atoms with Crippen LogP contribution in [0.15, 0.2) is 24.3 Å². The molecule has 0 heterocycles. The molecule has 4 N–H and O–H groups in total. The molecule has 1 rings (SSSR count). The highest BCUT2D eigenvalue weighted by Crippen LogP contribution is 2.12. The van der Waals surface area contributed by atoms with Gasteiger partial charge in [0.25, 0.3) is 0 Å². The molecule has 5 nitrogen and oxygen atoms in total. The number of carbonyl (C=O) groups excluding carboxylic acids is 1. The zero-order valence-corrected chi connectivity index (χ0v) is 11.9. The van der Waals surface area contributed by atoms with Crippen LogP contribution in [0, 0.1) is 6.92 Å². The van der Waals surface area contributed by atoms with Crippen LogP contribution in [-0.4, -0.2) is 23.0 Å². The van der Waals surface area contributed by atoms with E-state index in [4.69, 9.17) is 10.8 Å². The molecule has 0 fully saturated rings. The molecule has 0 spiro atoms. The highest BCUT2D eigenvalue weighted by atomic mass is 16.4. The number of unbranched alkanes of at least 4 members (excludes halogenated alkanes) is 1. The van der Waals surface area contributed by atoms with Gasteiger partial charge in [-0.3, -0.25) is 4.79 Å². The highest BCUT2D eigenvalue weighted by Gasteiger charge is 2.23. The molecule has 2 unspecified atom stereocenters. The van der Waals surface area contributed by atoms with Gasteiger partial charge < -0.3 is 16.2 Å². The summed E-state index contributed by atoms with van der Waals surface area (Å²) in [6.07, 6.45) is 2.04. The minimum Gasteiger partial charge on any atom is -0.480 e. The van der Waals surface area contributed by atoms with E-state index in [1.165, 1.54) is 0 Å². The van der Waals surface area contributed by atoms with Crippen LogP contribution in [0.3, 0.4) is 0 Å². The molecule has 0 aromatic heterocycles. The van der Waals surface area contributed by atoms with Crippen LogP contribution in [0.4, 0.5) is 0 Å². The lowest BCUT2D eigenvalue weighted by atomic mass is 10.0. The Balaban J connectivity index is 2.68. The van der Waals surface area contributed by atoms with Gasteiger partial charge in [-0.2, -0.15) is 0 Å². The Morgan fingerprint density at radius 3 is 2.40 bits per heavy atom. The van der Waals surface area contributed by atoms with E-state index in [1.54, 1.807) is 12.1 Å². The Hall–Kier alpha value is -1.88. The van der Waals surface area contributed by atoms with E-state index in [1.807, 2.05) is 26.0 Å². The summed E-state index contributed by atoms with van der Waals surface area (Å²) in [7, 11) is 0. The largest absolute Gasteiger partial charge is 0.480 e. The fraction of sp³-hybridized carbons (Fsp3) is 0.467. The van der Waals surface area contributed by atoms with Gasteiger partial charge in [0.15, 0.2) is 0 Å². The van der Waals surface area contributed by atoms with Crippen molar-refractivity contribution in [1.82, 2.24) is 5.32 Å². The van der Waals surface area contributed by atoms with Gasteiger partial charge in [-0.05, 0) is 18.9 Å². The van der Waals surface area contributed by atoms with E-state index >= 15 is 0 Å². The maximum atomic E-state index is 12.0. The lowest BCUT2D eigenvalue weighted by Crippen LogP contribution is -2.44. The van der Waals surface area contributed by atoms with Crippen LogP contribution < -0.4 is 11.1 Å². The van der Waals surface area contributed by atoms with E-state index < -0.39 is 24.0 Å². The molecule has 5 heteroatoms. The van der Waals surface area contributed by atoms with Gasteiger partial charge >= 0.3 is 5.97 Å². The lowest BCUT2D eigenvalue weighted by molar-refractivity contribution is -0.142. The monoisotopic (exact) mass is 278 g/mol. The number of hydrogen-bond acceptors (Lipinski definition) is 3. The van der Waals surface area contributed by atoms with Crippen LogP contribution >= 0.6 is 0 Å². The van der Waals surface area contributed by atoms with E-state index in [-0.39, 0.29) is 0 Å². The number of carboxylic acid groups (broad SMARTS) is 1. The predicted octanol–water partition coefficient (Wildman–Crippen LogP) is 1.75. The summed E-state index contributed by atoms with van der Waals surface area (Å²) in [5, 5.41) is 11.6. The van der Waals surface area contributed by atoms with E-state index in [9.17, 15) is 9.59 Å². The Morgan fingerprint density at radius 1 is 1.30 bits per heavy atom. The maximum absolute atomic E-state index is 12.0. The van der Waals surface area contributed by atoms with E-state index in [0.717, 1.165) is 18.4 Å². The molecule has 110 valence electrons. The average molecular weight is 278 g/mol. The SMILES string of the molecule is CCCCC(NC(=O)C(N)c1ccc(C)cc1)C(=O)O. The smallest absolute Gasteiger partial charge is 0.326 e. The fourth-order valence-electron chi connectivity index (χ4n) is 1.85. The minimum atomic E-state index is -1.03. The number of aliphatic carboxylic acids is 1. The summed E-state index contributed by atoms with van der Waals surface area (Å²) in [5.74, 6) is -1.49. The molecule has 0 aliphatic rings. The van der Waals surface area contributed by atoms with Crippen molar-refractivity contribution in [3.8, 4) is 0 Å². The zero-order chi connectivity index (χ0) is 15.1. The molecule has 0 radical (unpaired) electrons. The number of amides is 1. The molecule has 0 saturated carbocycles. The standard InChI is InChI=1S/C15H22N2O3/c1-3-4-5-12(15(19)20)17-14(18)13(16)11-8-6-10(2)7-9-11/h6-9,12-13H,3-5,16H2,1-2H3,(H,17,18)(H,19,20). The second-order valence-corrected chi connectivity index (χ2v) is 4.93. The summed E-state index contributed by atoms with van der Waals surface area (Å²) < 4.78 is 0. The number of hydrogen-bond donors (Lipinski definition) is 3. The number of rotatable bonds is 7. The number of benzene rings is 1. The first-order valence-corrected chi connectivity index (χ1v) is 6.81. The van der Waals surface area contributed by atoms with Crippen LogP contribution in [0.2, 0.25) is 0 Å². The normalized spacial score (nSPS) is 13.6. The van der Waals surface area contributed by atoms with Crippen molar-refractivity contribution in [3.05, 3.63) is 35.4 Å². The van der Waals surface area contributed by atoms with Gasteiger partial charge in [-0.25, -0.2) is 4.79 Å². The number of nitrogens with one attached hydrogen (secondary N) is 1. The molecule has 0 aliphatic heterocycles. The average Bonchev–Trinajstić information content (AvgIpc) is 2.42. The Labute approximate surface area is 119 Å². The summed E-state index contributed by atoms with van der Waals surface area (Å²) in [6, 6.07) is 5.57. The first kappa shape index (κ1) is 16.2. The zero-order valence-electron chi connectivity index (χ0n) is 11.9. The molecule has 1 amide bonds. The van der Waals surface area contributed by atoms with Gasteiger partial charge in [0.05, 0.1) is 0 Å².